The molecule has 2 N–H and O–H groups in total. The van der Waals surface area contributed by atoms with E-state index in [1.807, 2.05) is 0 Å². The highest BCUT2D eigenvalue weighted by atomic mass is 32.2. The van der Waals surface area contributed by atoms with Gasteiger partial charge in [-0.1, -0.05) is 42.5 Å². The molecule has 0 saturated carbocycles. The predicted octanol–water partition coefficient (Wildman–Crippen LogP) is 5.46. The minimum atomic E-state index is -0.555. The second kappa shape index (κ2) is 13.1. The molecular formula is C33H27N3O6S. The first-order chi connectivity index (χ1) is 20.9. The Morgan fingerprint density at radius 2 is 1.44 bits per heavy atom. The van der Waals surface area contributed by atoms with Crippen LogP contribution in [0.5, 0.6) is 11.5 Å². The maximum atomic E-state index is 13.4. The van der Waals surface area contributed by atoms with Crippen molar-refractivity contribution in [3.05, 3.63) is 125 Å². The van der Waals surface area contributed by atoms with Crippen LogP contribution in [0.4, 0.5) is 5.69 Å². The number of imide groups is 1. The van der Waals surface area contributed by atoms with Crippen molar-refractivity contribution in [1.29, 1.82) is 0 Å². The van der Waals surface area contributed by atoms with Gasteiger partial charge in [0.15, 0.2) is 11.5 Å². The second-order valence-corrected chi connectivity index (χ2v) is 10.3. The number of carbonyl (C=O) groups is 4. The number of fused-ring (bicyclic) bond motifs is 1. The number of hydrogen-bond acceptors (Lipinski definition) is 7. The van der Waals surface area contributed by atoms with E-state index < -0.39 is 11.8 Å². The summed E-state index contributed by atoms with van der Waals surface area (Å²) in [4.78, 5) is 53.7. The molecule has 0 radical (unpaired) electrons. The molecule has 0 fully saturated rings. The second-order valence-electron chi connectivity index (χ2n) is 9.30. The summed E-state index contributed by atoms with van der Waals surface area (Å²) in [5.74, 6) is -0.616. The van der Waals surface area contributed by atoms with Gasteiger partial charge in [-0.25, -0.2) is 0 Å². The van der Waals surface area contributed by atoms with Gasteiger partial charge in [0.05, 0.1) is 31.2 Å². The van der Waals surface area contributed by atoms with Crippen molar-refractivity contribution in [3.63, 3.8) is 0 Å². The number of para-hydroxylation sites is 1. The fourth-order valence-corrected chi connectivity index (χ4v) is 5.29. The third-order valence-electron chi connectivity index (χ3n) is 6.61. The highest BCUT2D eigenvalue weighted by Crippen LogP contribution is 2.32. The van der Waals surface area contributed by atoms with E-state index in [0.717, 1.165) is 4.90 Å². The van der Waals surface area contributed by atoms with Crippen LogP contribution in [0.15, 0.2) is 108 Å². The van der Waals surface area contributed by atoms with E-state index in [-0.39, 0.29) is 23.4 Å². The molecule has 1 heterocycles. The van der Waals surface area contributed by atoms with Crippen molar-refractivity contribution in [2.45, 2.75) is 4.90 Å². The van der Waals surface area contributed by atoms with Crippen LogP contribution < -0.4 is 20.1 Å². The Kier molecular flexibility index (Phi) is 8.88. The maximum absolute atomic E-state index is 13.4. The number of amides is 4. The van der Waals surface area contributed by atoms with Gasteiger partial charge in [0, 0.05) is 21.7 Å². The number of thioether (sulfide) groups is 1. The molecule has 4 aromatic rings. The van der Waals surface area contributed by atoms with Crippen LogP contribution in [0.1, 0.15) is 36.6 Å². The molecule has 0 aromatic heterocycles. The van der Waals surface area contributed by atoms with E-state index >= 15 is 0 Å². The SMILES string of the molecule is COc1cccc(/C=C(\NC(=O)c2ccccc2)C(=O)Nc2ccc(SCN3C(=O)c4ccccc4C3=O)cc2)c1OC. The number of carbonyl (C=O) groups excluding carboxylic acids is 4. The predicted molar refractivity (Wildman–Crippen MR) is 164 cm³/mol. The van der Waals surface area contributed by atoms with Gasteiger partial charge in [-0.3, -0.25) is 24.1 Å². The molecule has 4 amide bonds. The van der Waals surface area contributed by atoms with E-state index in [2.05, 4.69) is 10.6 Å². The minimum Gasteiger partial charge on any atom is -0.493 e. The van der Waals surface area contributed by atoms with Crippen LogP contribution in [0.3, 0.4) is 0 Å². The molecule has 1 aliphatic rings. The molecule has 10 heteroatoms. The zero-order valence-electron chi connectivity index (χ0n) is 23.3. The monoisotopic (exact) mass is 593 g/mol. The third-order valence-corrected chi connectivity index (χ3v) is 7.61. The Morgan fingerprint density at radius 1 is 0.791 bits per heavy atom. The summed E-state index contributed by atoms with van der Waals surface area (Å²) in [6, 6.07) is 27.5. The summed E-state index contributed by atoms with van der Waals surface area (Å²) in [5.41, 5.74) is 2.19. The number of rotatable bonds is 10. The van der Waals surface area contributed by atoms with E-state index in [1.54, 1.807) is 97.1 Å². The van der Waals surface area contributed by atoms with Gasteiger partial charge in [-0.05, 0) is 60.7 Å². The number of hydrogen-bond donors (Lipinski definition) is 2. The molecule has 0 bridgehead atoms. The first-order valence-electron chi connectivity index (χ1n) is 13.2. The van der Waals surface area contributed by atoms with Gasteiger partial charge in [-0.2, -0.15) is 0 Å². The molecule has 5 rings (SSSR count). The Hall–Kier alpha value is -5.35. The van der Waals surface area contributed by atoms with Crippen LogP contribution in [-0.4, -0.2) is 48.6 Å². The first kappa shape index (κ1) is 29.2. The number of methoxy groups -OCH3 is 2. The molecule has 4 aromatic carbocycles. The van der Waals surface area contributed by atoms with E-state index in [9.17, 15) is 19.2 Å². The standard InChI is InChI=1S/C33H27N3O6S/c1-41-28-14-8-11-22(29(28)42-2)19-27(35-30(37)21-9-4-3-5-10-21)31(38)34-23-15-17-24(18-16-23)43-20-36-32(39)25-12-6-7-13-26(25)33(36)40/h3-19H,20H2,1-2H3,(H,34,38)(H,35,37)/b27-19-. The number of ether oxygens (including phenoxy) is 2. The Balaban J connectivity index is 1.31. The van der Waals surface area contributed by atoms with Gasteiger partial charge in [-0.15, -0.1) is 11.8 Å². The summed E-state index contributed by atoms with van der Waals surface area (Å²) >= 11 is 1.32. The average molecular weight is 594 g/mol. The third kappa shape index (κ3) is 6.44. The van der Waals surface area contributed by atoms with Crippen molar-refractivity contribution < 1.29 is 28.7 Å². The van der Waals surface area contributed by atoms with Gasteiger partial charge >= 0.3 is 0 Å². The van der Waals surface area contributed by atoms with Crippen molar-refractivity contribution in [3.8, 4) is 11.5 Å². The van der Waals surface area contributed by atoms with Crippen molar-refractivity contribution in [2.75, 3.05) is 25.4 Å². The summed E-state index contributed by atoms with van der Waals surface area (Å²) in [5, 5.41) is 5.52. The fraction of sp³-hybridized carbons (Fsp3) is 0.0909. The molecule has 0 unspecified atom stereocenters. The first-order valence-corrected chi connectivity index (χ1v) is 14.2. The van der Waals surface area contributed by atoms with Gasteiger partial charge in [0.2, 0.25) is 0 Å². The molecule has 0 aliphatic carbocycles. The zero-order valence-corrected chi connectivity index (χ0v) is 24.1. The topological polar surface area (TPSA) is 114 Å². The molecule has 0 atom stereocenters. The zero-order chi connectivity index (χ0) is 30.3. The summed E-state index contributed by atoms with van der Waals surface area (Å²) < 4.78 is 10.9. The molecule has 9 nitrogen and oxygen atoms in total. The van der Waals surface area contributed by atoms with E-state index in [0.29, 0.717) is 39.4 Å². The molecule has 0 spiro atoms. The summed E-state index contributed by atoms with van der Waals surface area (Å²) in [6.07, 6.45) is 1.52. The highest BCUT2D eigenvalue weighted by molar-refractivity contribution is 7.99. The Morgan fingerprint density at radius 3 is 2.07 bits per heavy atom. The van der Waals surface area contributed by atoms with Crippen LogP contribution in [0.25, 0.3) is 6.08 Å². The smallest absolute Gasteiger partial charge is 0.272 e. The Labute approximate surface area is 252 Å². The van der Waals surface area contributed by atoms with Crippen LogP contribution in [0.2, 0.25) is 0 Å². The number of anilines is 1. The molecule has 216 valence electrons. The summed E-state index contributed by atoms with van der Waals surface area (Å²) in [7, 11) is 3.00. The molecule has 0 saturated heterocycles. The Bertz CT molecular complexity index is 1690. The quantitative estimate of drug-likeness (QED) is 0.143. The van der Waals surface area contributed by atoms with Gasteiger partial charge in [0.25, 0.3) is 23.6 Å². The van der Waals surface area contributed by atoms with Crippen LogP contribution in [-0.2, 0) is 4.79 Å². The summed E-state index contributed by atoms with van der Waals surface area (Å²) in [6.45, 7) is 0. The van der Waals surface area contributed by atoms with E-state index in [4.69, 9.17) is 9.47 Å². The minimum absolute atomic E-state index is 0.00974. The fourth-order valence-electron chi connectivity index (χ4n) is 4.45. The lowest BCUT2D eigenvalue weighted by molar-refractivity contribution is -0.113. The lowest BCUT2D eigenvalue weighted by Crippen LogP contribution is -2.30. The highest BCUT2D eigenvalue weighted by Gasteiger charge is 2.34. The van der Waals surface area contributed by atoms with Crippen LogP contribution in [0, 0.1) is 0 Å². The number of benzene rings is 4. The maximum Gasteiger partial charge on any atom is 0.272 e. The van der Waals surface area contributed by atoms with Gasteiger partial charge in [0.1, 0.15) is 5.70 Å². The van der Waals surface area contributed by atoms with Crippen LogP contribution >= 0.6 is 11.8 Å². The number of nitrogens with zero attached hydrogens (tertiary/aromatic N) is 1. The lowest BCUT2D eigenvalue weighted by Gasteiger charge is -2.15. The molecular weight excluding hydrogens is 566 g/mol. The molecule has 1 aliphatic heterocycles. The van der Waals surface area contributed by atoms with Gasteiger partial charge < -0.3 is 20.1 Å². The van der Waals surface area contributed by atoms with Crippen molar-refractivity contribution in [2.24, 2.45) is 0 Å². The van der Waals surface area contributed by atoms with Crippen molar-refractivity contribution in [1.82, 2.24) is 10.2 Å². The lowest BCUT2D eigenvalue weighted by atomic mass is 10.1. The average Bonchev–Trinajstić information content (AvgIpc) is 3.29. The molecule has 43 heavy (non-hydrogen) atoms. The largest absolute Gasteiger partial charge is 0.493 e. The van der Waals surface area contributed by atoms with E-state index in [1.165, 1.54) is 37.0 Å². The normalized spacial score (nSPS) is 12.5. The number of nitrogens with one attached hydrogen (secondary N) is 2. The van der Waals surface area contributed by atoms with Crippen molar-refractivity contribution >= 4 is 47.2 Å².